The Kier molecular flexibility index (Phi) is 3.82. The number of fused-ring (bicyclic) bond motifs is 3. The largest absolute Gasteiger partial charge is 0.303 e. The van der Waals surface area contributed by atoms with Gasteiger partial charge >= 0.3 is 0 Å². The average Bonchev–Trinajstić information content (AvgIpc) is 3.31. The van der Waals surface area contributed by atoms with Crippen molar-refractivity contribution in [3.8, 4) is 0 Å². The molecule has 3 heterocycles. The molecule has 25 heavy (non-hydrogen) atoms. The van der Waals surface area contributed by atoms with Crippen LogP contribution in [0.3, 0.4) is 0 Å². The second kappa shape index (κ2) is 6.30. The number of nitrogens with zero attached hydrogens (tertiary/aromatic N) is 2. The molecular weight excluding hydrogens is 324 g/mol. The van der Waals surface area contributed by atoms with Crippen LogP contribution < -0.4 is 0 Å². The Morgan fingerprint density at radius 3 is 2.76 bits per heavy atom. The predicted molar refractivity (Wildman–Crippen MR) is 106 cm³/mol. The predicted octanol–water partition coefficient (Wildman–Crippen LogP) is 6.19. The van der Waals surface area contributed by atoms with Gasteiger partial charge in [-0.3, -0.25) is 0 Å². The summed E-state index contributed by atoms with van der Waals surface area (Å²) in [6, 6.07) is 13.1. The first-order valence-electron chi connectivity index (χ1n) is 9.30. The molecule has 0 radical (unpaired) electrons. The molecule has 0 saturated heterocycles. The standard InChI is InChI=1S/C22H22N2S/c1-2-7-18(8-3-1)21-20(14-16-11-13-25-15-16)24-12-10-17-6-4-5-9-19(17)22(24)23-21/h4-6,9-13,15,18H,1-3,7-8,14H2. The van der Waals surface area contributed by atoms with Gasteiger partial charge in [0, 0.05) is 23.9 Å². The van der Waals surface area contributed by atoms with E-state index in [0.29, 0.717) is 5.92 Å². The normalized spacial score (nSPS) is 16.0. The Morgan fingerprint density at radius 2 is 1.92 bits per heavy atom. The van der Waals surface area contributed by atoms with Gasteiger partial charge in [0.25, 0.3) is 0 Å². The van der Waals surface area contributed by atoms with Crippen LogP contribution in [0.15, 0.2) is 53.4 Å². The van der Waals surface area contributed by atoms with E-state index in [1.165, 1.54) is 59.8 Å². The first-order valence-corrected chi connectivity index (χ1v) is 10.2. The third-order valence-corrected chi connectivity index (χ3v) is 6.32. The highest BCUT2D eigenvalue weighted by Crippen LogP contribution is 2.36. The summed E-state index contributed by atoms with van der Waals surface area (Å²) in [7, 11) is 0. The topological polar surface area (TPSA) is 17.3 Å². The third kappa shape index (κ3) is 2.67. The minimum atomic E-state index is 0.626. The van der Waals surface area contributed by atoms with E-state index in [9.17, 15) is 0 Å². The highest BCUT2D eigenvalue weighted by Gasteiger charge is 2.24. The van der Waals surface area contributed by atoms with E-state index >= 15 is 0 Å². The average molecular weight is 346 g/mol. The number of hydrogen-bond donors (Lipinski definition) is 0. The van der Waals surface area contributed by atoms with E-state index in [4.69, 9.17) is 4.98 Å². The Hall–Kier alpha value is -2.13. The summed E-state index contributed by atoms with van der Waals surface area (Å²) in [5.41, 5.74) is 5.27. The van der Waals surface area contributed by atoms with Crippen LogP contribution in [0.5, 0.6) is 0 Å². The van der Waals surface area contributed by atoms with Gasteiger partial charge in [0.1, 0.15) is 5.65 Å². The lowest BCUT2D eigenvalue weighted by molar-refractivity contribution is 0.436. The smallest absolute Gasteiger partial charge is 0.145 e. The van der Waals surface area contributed by atoms with Crippen molar-refractivity contribution in [3.63, 3.8) is 0 Å². The van der Waals surface area contributed by atoms with Gasteiger partial charge in [-0.2, -0.15) is 11.3 Å². The first kappa shape index (κ1) is 15.2. The van der Waals surface area contributed by atoms with Crippen molar-refractivity contribution >= 4 is 27.8 Å². The Labute approximate surface area is 152 Å². The fourth-order valence-corrected chi connectivity index (χ4v) is 4.97. The lowest BCUT2D eigenvalue weighted by Crippen LogP contribution is -2.08. The molecular formula is C22H22N2S. The van der Waals surface area contributed by atoms with Crippen LogP contribution in [-0.4, -0.2) is 9.38 Å². The summed E-state index contributed by atoms with van der Waals surface area (Å²) < 4.78 is 2.35. The van der Waals surface area contributed by atoms with Crippen molar-refractivity contribution in [1.29, 1.82) is 0 Å². The van der Waals surface area contributed by atoms with Gasteiger partial charge in [-0.15, -0.1) is 0 Å². The molecule has 0 spiro atoms. The summed E-state index contributed by atoms with van der Waals surface area (Å²) in [6.07, 6.45) is 9.85. The number of rotatable bonds is 3. The van der Waals surface area contributed by atoms with E-state index in [-0.39, 0.29) is 0 Å². The zero-order valence-corrected chi connectivity index (χ0v) is 15.1. The van der Waals surface area contributed by atoms with Crippen molar-refractivity contribution in [2.75, 3.05) is 0 Å². The second-order valence-electron chi connectivity index (χ2n) is 7.18. The highest BCUT2D eigenvalue weighted by molar-refractivity contribution is 7.07. The third-order valence-electron chi connectivity index (χ3n) is 5.59. The Morgan fingerprint density at radius 1 is 1.04 bits per heavy atom. The van der Waals surface area contributed by atoms with Crippen LogP contribution in [0.1, 0.15) is 55.0 Å². The van der Waals surface area contributed by atoms with E-state index < -0.39 is 0 Å². The maximum Gasteiger partial charge on any atom is 0.145 e. The van der Waals surface area contributed by atoms with Crippen molar-refractivity contribution in [2.24, 2.45) is 0 Å². The van der Waals surface area contributed by atoms with Crippen molar-refractivity contribution in [1.82, 2.24) is 9.38 Å². The molecule has 1 aliphatic carbocycles. The van der Waals surface area contributed by atoms with Gasteiger partial charge in [0.15, 0.2) is 0 Å². The van der Waals surface area contributed by atoms with Crippen LogP contribution in [0.2, 0.25) is 0 Å². The molecule has 0 N–H and O–H groups in total. The van der Waals surface area contributed by atoms with E-state index in [0.717, 1.165) is 12.1 Å². The van der Waals surface area contributed by atoms with Crippen LogP contribution in [-0.2, 0) is 6.42 Å². The Bertz CT molecular complexity index is 1010. The molecule has 4 aromatic rings. The molecule has 1 aliphatic rings. The molecule has 1 aromatic carbocycles. The van der Waals surface area contributed by atoms with Crippen LogP contribution in [0.25, 0.3) is 16.4 Å². The quantitative estimate of drug-likeness (QED) is 0.432. The highest BCUT2D eigenvalue weighted by atomic mass is 32.1. The van der Waals surface area contributed by atoms with Crippen LogP contribution in [0, 0.1) is 0 Å². The molecule has 0 aliphatic heterocycles. The summed E-state index contributed by atoms with van der Waals surface area (Å²) in [5, 5.41) is 6.98. The monoisotopic (exact) mass is 346 g/mol. The maximum absolute atomic E-state index is 5.21. The molecule has 3 aromatic heterocycles. The van der Waals surface area contributed by atoms with Crippen LogP contribution in [0.4, 0.5) is 0 Å². The van der Waals surface area contributed by atoms with Gasteiger partial charge in [-0.25, -0.2) is 4.98 Å². The molecule has 3 heteroatoms. The lowest BCUT2D eigenvalue weighted by Gasteiger charge is -2.21. The zero-order valence-electron chi connectivity index (χ0n) is 14.3. The molecule has 5 rings (SSSR count). The summed E-state index contributed by atoms with van der Waals surface area (Å²) in [6.45, 7) is 0. The summed E-state index contributed by atoms with van der Waals surface area (Å²) in [5.74, 6) is 0.626. The van der Waals surface area contributed by atoms with Gasteiger partial charge in [0.05, 0.1) is 11.4 Å². The van der Waals surface area contributed by atoms with Crippen molar-refractivity contribution < 1.29 is 0 Å². The van der Waals surface area contributed by atoms with Crippen molar-refractivity contribution in [2.45, 2.75) is 44.4 Å². The molecule has 2 nitrogen and oxygen atoms in total. The Balaban J connectivity index is 1.73. The van der Waals surface area contributed by atoms with Crippen LogP contribution >= 0.6 is 11.3 Å². The molecule has 126 valence electrons. The van der Waals surface area contributed by atoms with Gasteiger partial charge in [-0.05, 0) is 46.7 Å². The number of thiophene rings is 1. The molecule has 0 amide bonds. The number of aromatic nitrogens is 2. The lowest BCUT2D eigenvalue weighted by atomic mass is 9.85. The van der Waals surface area contributed by atoms with Gasteiger partial charge in [0.2, 0.25) is 0 Å². The van der Waals surface area contributed by atoms with E-state index in [1.807, 2.05) is 0 Å². The molecule has 0 atom stereocenters. The minimum Gasteiger partial charge on any atom is -0.303 e. The molecule has 0 bridgehead atoms. The molecule has 1 saturated carbocycles. The fraction of sp³-hybridized carbons (Fsp3) is 0.318. The molecule has 0 unspecified atom stereocenters. The maximum atomic E-state index is 5.21. The van der Waals surface area contributed by atoms with Gasteiger partial charge < -0.3 is 4.40 Å². The van der Waals surface area contributed by atoms with E-state index in [1.54, 1.807) is 11.3 Å². The summed E-state index contributed by atoms with van der Waals surface area (Å²) >= 11 is 1.78. The molecule has 1 fully saturated rings. The van der Waals surface area contributed by atoms with E-state index in [2.05, 4.69) is 57.8 Å². The first-order chi connectivity index (χ1) is 12.4. The van der Waals surface area contributed by atoms with Gasteiger partial charge in [-0.1, -0.05) is 43.5 Å². The number of imidazole rings is 1. The number of benzene rings is 1. The number of hydrogen-bond acceptors (Lipinski definition) is 2. The van der Waals surface area contributed by atoms with Crippen molar-refractivity contribution in [3.05, 3.63) is 70.3 Å². The SMILES string of the molecule is c1ccc2c(c1)ccn1c(Cc3ccsc3)c(C3CCCCC3)nc21. The second-order valence-corrected chi connectivity index (χ2v) is 7.96. The zero-order chi connectivity index (χ0) is 16.6. The number of pyridine rings is 1. The fourth-order valence-electron chi connectivity index (χ4n) is 4.30. The minimum absolute atomic E-state index is 0.626. The summed E-state index contributed by atoms with van der Waals surface area (Å²) in [4.78, 5) is 5.21.